The summed E-state index contributed by atoms with van der Waals surface area (Å²) in [5.74, 6) is 1.55. The lowest BCUT2D eigenvalue weighted by Gasteiger charge is -2.16. The van der Waals surface area contributed by atoms with E-state index in [4.69, 9.17) is 9.47 Å². The Kier molecular flexibility index (Phi) is 10.2. The van der Waals surface area contributed by atoms with Crippen molar-refractivity contribution < 1.29 is 14.6 Å². The highest BCUT2D eigenvalue weighted by molar-refractivity contribution is 14.0. The smallest absolute Gasteiger partial charge is 0.200 e. The van der Waals surface area contributed by atoms with E-state index in [1.165, 1.54) is 39.9 Å². The van der Waals surface area contributed by atoms with Crippen molar-refractivity contribution in [2.75, 3.05) is 27.8 Å². The van der Waals surface area contributed by atoms with E-state index in [1.807, 2.05) is 0 Å². The summed E-state index contributed by atoms with van der Waals surface area (Å²) in [4.78, 5) is 4.25. The molecule has 2 rings (SSSR count). The number of hydrogen-bond donors (Lipinski definition) is 3. The fourth-order valence-corrected chi connectivity index (χ4v) is 2.93. The Morgan fingerprint density at radius 3 is 2.38 bits per heavy atom. The number of allylic oxidation sites excluding steroid dienone is 1. The minimum absolute atomic E-state index is 0. The zero-order valence-electron chi connectivity index (χ0n) is 15.8. The van der Waals surface area contributed by atoms with Gasteiger partial charge in [-0.15, -0.1) is 24.0 Å². The van der Waals surface area contributed by atoms with Crippen LogP contribution in [-0.4, -0.2) is 38.9 Å². The summed E-state index contributed by atoms with van der Waals surface area (Å²) in [6.45, 7) is 1.42. The molecule has 0 heterocycles. The van der Waals surface area contributed by atoms with E-state index in [2.05, 4.69) is 21.7 Å². The first-order valence-electron chi connectivity index (χ1n) is 8.74. The van der Waals surface area contributed by atoms with Gasteiger partial charge in [0.1, 0.15) is 0 Å². The zero-order chi connectivity index (χ0) is 18.1. The van der Waals surface area contributed by atoms with Crippen LogP contribution < -0.4 is 20.1 Å². The summed E-state index contributed by atoms with van der Waals surface area (Å²) in [7, 11) is 4.80. The van der Waals surface area contributed by atoms with Crippen LogP contribution in [0.3, 0.4) is 0 Å². The van der Waals surface area contributed by atoms with Crippen LogP contribution in [0, 0.1) is 0 Å². The Morgan fingerprint density at radius 2 is 1.85 bits per heavy atom. The molecule has 0 unspecified atom stereocenters. The van der Waals surface area contributed by atoms with Crippen LogP contribution >= 0.6 is 24.0 Å². The predicted octanol–water partition coefficient (Wildman–Crippen LogP) is 3.58. The molecule has 0 bridgehead atoms. The summed E-state index contributed by atoms with van der Waals surface area (Å²) in [5.41, 5.74) is 2.48. The van der Waals surface area contributed by atoms with E-state index in [1.54, 1.807) is 24.8 Å². The third-order valence-electron chi connectivity index (χ3n) is 4.35. The molecule has 1 aromatic rings. The van der Waals surface area contributed by atoms with Crippen LogP contribution in [0.1, 0.15) is 37.7 Å². The van der Waals surface area contributed by atoms with Gasteiger partial charge in [0.2, 0.25) is 5.75 Å². The van der Waals surface area contributed by atoms with E-state index in [0.717, 1.165) is 24.5 Å². The molecule has 0 fully saturated rings. The van der Waals surface area contributed by atoms with Crippen LogP contribution in [0.2, 0.25) is 0 Å². The lowest BCUT2D eigenvalue weighted by Crippen LogP contribution is -2.37. The molecule has 1 aliphatic carbocycles. The molecular formula is C19H30IN3O3. The first-order chi connectivity index (χ1) is 12.2. The molecule has 146 valence electrons. The monoisotopic (exact) mass is 475 g/mol. The van der Waals surface area contributed by atoms with Gasteiger partial charge in [-0.2, -0.15) is 0 Å². The molecule has 26 heavy (non-hydrogen) atoms. The maximum absolute atomic E-state index is 9.97. The highest BCUT2D eigenvalue weighted by Gasteiger charge is 2.11. The number of rotatable bonds is 7. The molecule has 0 aromatic heterocycles. The number of aliphatic imine (C=N–C) groups is 1. The standard InChI is InChI=1S/C19H29N3O3.HI/c1-20-19(21-10-9-14-7-5-4-6-8-14)22-13-15-11-16(24-2)18(23)17(12-15)25-3;/h7,11-12,23H,4-6,8-10,13H2,1-3H3,(H2,20,21,22);1H. The first kappa shape index (κ1) is 22.4. The summed E-state index contributed by atoms with van der Waals surface area (Å²) < 4.78 is 10.4. The molecule has 1 aliphatic rings. The second-order valence-corrected chi connectivity index (χ2v) is 6.06. The van der Waals surface area contributed by atoms with E-state index in [0.29, 0.717) is 18.0 Å². The van der Waals surface area contributed by atoms with Crippen molar-refractivity contribution in [1.82, 2.24) is 10.6 Å². The summed E-state index contributed by atoms with van der Waals surface area (Å²) in [5, 5.41) is 16.6. The van der Waals surface area contributed by atoms with Crippen molar-refractivity contribution in [2.45, 2.75) is 38.6 Å². The predicted molar refractivity (Wildman–Crippen MR) is 116 cm³/mol. The molecule has 0 spiro atoms. The Hall–Kier alpha value is -1.64. The zero-order valence-corrected chi connectivity index (χ0v) is 18.1. The number of nitrogens with zero attached hydrogens (tertiary/aromatic N) is 1. The Morgan fingerprint density at radius 1 is 1.15 bits per heavy atom. The fraction of sp³-hybridized carbons (Fsp3) is 0.526. The van der Waals surface area contributed by atoms with E-state index < -0.39 is 0 Å². The number of phenols is 1. The van der Waals surface area contributed by atoms with Crippen molar-refractivity contribution >= 4 is 29.9 Å². The van der Waals surface area contributed by atoms with Gasteiger partial charge in [-0.3, -0.25) is 4.99 Å². The highest BCUT2D eigenvalue weighted by Crippen LogP contribution is 2.36. The summed E-state index contributed by atoms with van der Waals surface area (Å²) in [6, 6.07) is 3.57. The molecule has 0 saturated carbocycles. The van der Waals surface area contributed by atoms with Gasteiger partial charge in [0.05, 0.1) is 14.2 Å². The second kappa shape index (κ2) is 11.9. The Labute approximate surface area is 173 Å². The molecule has 1 aromatic carbocycles. The van der Waals surface area contributed by atoms with Gasteiger partial charge in [0.25, 0.3) is 0 Å². The van der Waals surface area contributed by atoms with Gasteiger partial charge in [0, 0.05) is 20.1 Å². The number of benzene rings is 1. The van der Waals surface area contributed by atoms with Gasteiger partial charge >= 0.3 is 0 Å². The van der Waals surface area contributed by atoms with Gasteiger partial charge in [-0.25, -0.2) is 0 Å². The highest BCUT2D eigenvalue weighted by atomic mass is 127. The number of aromatic hydroxyl groups is 1. The van der Waals surface area contributed by atoms with Crippen molar-refractivity contribution in [3.8, 4) is 17.2 Å². The molecule has 0 radical (unpaired) electrons. The minimum Gasteiger partial charge on any atom is -0.502 e. The molecule has 0 atom stereocenters. The average Bonchev–Trinajstić information content (AvgIpc) is 2.66. The number of ether oxygens (including phenoxy) is 2. The lowest BCUT2D eigenvalue weighted by molar-refractivity contribution is 0.339. The third kappa shape index (κ3) is 6.59. The quantitative estimate of drug-likeness (QED) is 0.243. The number of phenolic OH excluding ortho intramolecular Hbond substituents is 1. The molecule has 0 amide bonds. The number of methoxy groups -OCH3 is 2. The normalized spacial score (nSPS) is 14.1. The van der Waals surface area contributed by atoms with E-state index in [-0.39, 0.29) is 29.7 Å². The Balaban J connectivity index is 0.00000338. The van der Waals surface area contributed by atoms with Crippen LogP contribution in [0.4, 0.5) is 0 Å². The lowest BCUT2D eigenvalue weighted by atomic mass is 9.97. The van der Waals surface area contributed by atoms with Crippen LogP contribution in [0.5, 0.6) is 17.2 Å². The van der Waals surface area contributed by atoms with Crippen LogP contribution in [-0.2, 0) is 6.54 Å². The second-order valence-electron chi connectivity index (χ2n) is 6.06. The van der Waals surface area contributed by atoms with E-state index >= 15 is 0 Å². The summed E-state index contributed by atoms with van der Waals surface area (Å²) in [6.07, 6.45) is 8.49. The van der Waals surface area contributed by atoms with Crippen LogP contribution in [0.15, 0.2) is 28.8 Å². The molecule has 6 nitrogen and oxygen atoms in total. The van der Waals surface area contributed by atoms with Gasteiger partial charge < -0.3 is 25.2 Å². The van der Waals surface area contributed by atoms with Crippen LogP contribution in [0.25, 0.3) is 0 Å². The topological polar surface area (TPSA) is 75.1 Å². The maximum Gasteiger partial charge on any atom is 0.200 e. The third-order valence-corrected chi connectivity index (χ3v) is 4.35. The van der Waals surface area contributed by atoms with Crippen molar-refractivity contribution in [1.29, 1.82) is 0 Å². The number of halogens is 1. The van der Waals surface area contributed by atoms with Gasteiger partial charge in [-0.05, 0) is 49.8 Å². The molecule has 0 aliphatic heterocycles. The number of nitrogens with one attached hydrogen (secondary N) is 2. The fourth-order valence-electron chi connectivity index (χ4n) is 2.93. The van der Waals surface area contributed by atoms with Gasteiger partial charge in [-0.1, -0.05) is 11.6 Å². The van der Waals surface area contributed by atoms with Crippen molar-refractivity contribution in [2.24, 2.45) is 4.99 Å². The minimum atomic E-state index is 0. The molecule has 0 saturated heterocycles. The SMILES string of the molecule is CN=C(NCCC1=CCCCC1)NCc1cc(OC)c(O)c(OC)c1.I. The number of hydrogen-bond acceptors (Lipinski definition) is 4. The molecular weight excluding hydrogens is 445 g/mol. The first-order valence-corrected chi connectivity index (χ1v) is 8.74. The van der Waals surface area contributed by atoms with Crippen molar-refractivity contribution in [3.05, 3.63) is 29.3 Å². The van der Waals surface area contributed by atoms with E-state index in [9.17, 15) is 5.11 Å². The Bertz CT molecular complexity index is 607. The molecule has 7 heteroatoms. The number of guanidine groups is 1. The summed E-state index contributed by atoms with van der Waals surface area (Å²) >= 11 is 0. The van der Waals surface area contributed by atoms with Gasteiger partial charge in [0.15, 0.2) is 17.5 Å². The molecule has 3 N–H and O–H groups in total. The largest absolute Gasteiger partial charge is 0.502 e. The average molecular weight is 475 g/mol. The van der Waals surface area contributed by atoms with Crippen molar-refractivity contribution in [3.63, 3.8) is 0 Å². The maximum atomic E-state index is 9.97.